The first-order valence-corrected chi connectivity index (χ1v) is 10.4. The Morgan fingerprint density at radius 3 is 2.61 bits per heavy atom. The molecule has 0 bridgehead atoms. The number of aromatic nitrogens is 4. The summed E-state index contributed by atoms with van der Waals surface area (Å²) in [5.74, 6) is -0.109. The smallest absolute Gasteiger partial charge is 0.320 e. The third-order valence-electron chi connectivity index (χ3n) is 4.89. The predicted octanol–water partition coefficient (Wildman–Crippen LogP) is 3.96. The highest BCUT2D eigenvalue weighted by atomic mass is 32.1. The Kier molecular flexibility index (Phi) is 5.77. The molecule has 0 saturated carbocycles. The van der Waals surface area contributed by atoms with E-state index in [0.717, 1.165) is 27.0 Å². The van der Waals surface area contributed by atoms with Crippen LogP contribution < -0.4 is 14.4 Å². The molecule has 0 unspecified atom stereocenters. The Hall–Kier alpha value is -3.59. The molecule has 0 aliphatic heterocycles. The molecule has 4 rings (SSSR count). The first-order chi connectivity index (χ1) is 15.0. The number of anilines is 1. The minimum absolute atomic E-state index is 0.0521. The van der Waals surface area contributed by atoms with Gasteiger partial charge in [-0.25, -0.2) is 4.98 Å². The lowest BCUT2D eigenvalue weighted by molar-refractivity contribution is 0.0978. The van der Waals surface area contributed by atoms with Crippen LogP contribution in [0, 0.1) is 13.8 Å². The molecule has 0 aliphatic carbocycles. The molecule has 0 saturated heterocycles. The average Bonchev–Trinajstić information content (AvgIpc) is 3.24. The van der Waals surface area contributed by atoms with Crippen LogP contribution in [0.3, 0.4) is 0 Å². The molecule has 8 nitrogen and oxygen atoms in total. The maximum absolute atomic E-state index is 13.6. The molecular formula is C22H21N5O3S. The Morgan fingerprint density at radius 1 is 1.06 bits per heavy atom. The molecule has 9 heteroatoms. The summed E-state index contributed by atoms with van der Waals surface area (Å²) in [6.07, 6.45) is 1.70. The Balaban J connectivity index is 1.82. The molecule has 3 aromatic heterocycles. The summed E-state index contributed by atoms with van der Waals surface area (Å²) in [7, 11) is 2.91. The summed E-state index contributed by atoms with van der Waals surface area (Å²) in [6.45, 7) is 4.32. The van der Waals surface area contributed by atoms with Gasteiger partial charge in [0.1, 0.15) is 5.69 Å². The summed E-state index contributed by atoms with van der Waals surface area (Å²) in [5, 5.41) is 0.566. The number of carbonyl (C=O) groups excluding carboxylic acids is 1. The summed E-state index contributed by atoms with van der Waals surface area (Å²) in [5.41, 5.74) is 4.01. The van der Waals surface area contributed by atoms with Gasteiger partial charge in [-0.15, -0.1) is 0 Å². The molecule has 158 valence electrons. The van der Waals surface area contributed by atoms with Crippen molar-refractivity contribution in [2.24, 2.45) is 0 Å². The Bertz CT molecular complexity index is 1220. The van der Waals surface area contributed by atoms with Gasteiger partial charge in [-0.2, -0.15) is 9.97 Å². The molecule has 0 radical (unpaired) electrons. The molecule has 0 spiro atoms. The number of methoxy groups -OCH3 is 2. The van der Waals surface area contributed by atoms with Crippen molar-refractivity contribution >= 4 is 32.6 Å². The number of benzene rings is 1. The molecule has 1 aromatic carbocycles. The van der Waals surface area contributed by atoms with E-state index in [1.54, 1.807) is 11.1 Å². The van der Waals surface area contributed by atoms with Gasteiger partial charge in [-0.1, -0.05) is 23.5 Å². The van der Waals surface area contributed by atoms with E-state index >= 15 is 0 Å². The summed E-state index contributed by atoms with van der Waals surface area (Å²) in [6, 6.07) is 11.2. The number of hydrogen-bond donors (Lipinski definition) is 0. The Morgan fingerprint density at radius 2 is 1.90 bits per heavy atom. The SMILES string of the molecule is COc1cc(C(=O)N(Cc2ccccn2)c2nc3c(C)c(C)ccc3s2)nc(OC)n1. The maximum atomic E-state index is 13.6. The number of amides is 1. The van der Waals surface area contributed by atoms with Crippen LogP contribution in [0.15, 0.2) is 42.6 Å². The molecule has 0 atom stereocenters. The van der Waals surface area contributed by atoms with Crippen molar-refractivity contribution in [2.45, 2.75) is 20.4 Å². The van der Waals surface area contributed by atoms with Crippen molar-refractivity contribution in [3.63, 3.8) is 0 Å². The van der Waals surface area contributed by atoms with Crippen LogP contribution >= 0.6 is 11.3 Å². The van der Waals surface area contributed by atoms with Crippen LogP contribution in [0.1, 0.15) is 27.3 Å². The molecule has 4 aromatic rings. The van der Waals surface area contributed by atoms with Gasteiger partial charge in [0.2, 0.25) is 5.88 Å². The molecular weight excluding hydrogens is 414 g/mol. The van der Waals surface area contributed by atoms with E-state index in [0.29, 0.717) is 5.13 Å². The summed E-state index contributed by atoms with van der Waals surface area (Å²) >= 11 is 1.45. The number of hydrogen-bond acceptors (Lipinski definition) is 8. The first-order valence-electron chi connectivity index (χ1n) is 9.55. The van der Waals surface area contributed by atoms with Crippen LogP contribution in [0.25, 0.3) is 10.2 Å². The number of thiazole rings is 1. The summed E-state index contributed by atoms with van der Waals surface area (Å²) in [4.78, 5) is 32.6. The van der Waals surface area contributed by atoms with Gasteiger partial charge in [0.05, 0.1) is 36.7 Å². The van der Waals surface area contributed by atoms with Crippen LogP contribution in [0.5, 0.6) is 11.9 Å². The second kappa shape index (κ2) is 8.65. The van der Waals surface area contributed by atoms with Crippen LogP contribution in [0.2, 0.25) is 0 Å². The van der Waals surface area contributed by atoms with Gasteiger partial charge in [0.15, 0.2) is 5.13 Å². The van der Waals surface area contributed by atoms with E-state index in [9.17, 15) is 4.79 Å². The molecule has 3 heterocycles. The van der Waals surface area contributed by atoms with Crippen molar-refractivity contribution in [2.75, 3.05) is 19.1 Å². The lowest BCUT2D eigenvalue weighted by Gasteiger charge is -2.19. The van der Waals surface area contributed by atoms with Gasteiger partial charge in [0.25, 0.3) is 5.91 Å². The second-order valence-corrected chi connectivity index (χ2v) is 7.85. The largest absolute Gasteiger partial charge is 0.481 e. The van der Waals surface area contributed by atoms with E-state index in [1.165, 1.54) is 31.6 Å². The minimum Gasteiger partial charge on any atom is -0.481 e. The van der Waals surface area contributed by atoms with Crippen molar-refractivity contribution in [1.82, 2.24) is 19.9 Å². The zero-order valence-corrected chi connectivity index (χ0v) is 18.4. The molecule has 0 N–H and O–H groups in total. The number of fused-ring (bicyclic) bond motifs is 1. The van der Waals surface area contributed by atoms with Gasteiger partial charge in [-0.3, -0.25) is 14.7 Å². The normalized spacial score (nSPS) is 10.8. The fourth-order valence-corrected chi connectivity index (χ4v) is 4.08. The fraction of sp³-hybridized carbons (Fsp3) is 0.227. The highest BCUT2D eigenvalue weighted by Crippen LogP contribution is 2.33. The fourth-order valence-electron chi connectivity index (χ4n) is 3.06. The minimum atomic E-state index is -0.349. The quantitative estimate of drug-likeness (QED) is 0.453. The number of nitrogens with zero attached hydrogens (tertiary/aromatic N) is 5. The molecule has 0 fully saturated rings. The number of aryl methyl sites for hydroxylation is 2. The van der Waals surface area contributed by atoms with E-state index in [2.05, 4.69) is 21.0 Å². The van der Waals surface area contributed by atoms with Crippen LogP contribution in [-0.4, -0.2) is 40.1 Å². The van der Waals surface area contributed by atoms with Gasteiger partial charge in [0, 0.05) is 12.3 Å². The molecule has 1 amide bonds. The highest BCUT2D eigenvalue weighted by molar-refractivity contribution is 7.22. The van der Waals surface area contributed by atoms with Crippen LogP contribution in [0.4, 0.5) is 5.13 Å². The first kappa shape index (κ1) is 20.7. The van der Waals surface area contributed by atoms with Crippen molar-refractivity contribution in [1.29, 1.82) is 0 Å². The highest BCUT2D eigenvalue weighted by Gasteiger charge is 2.25. The number of pyridine rings is 1. The van der Waals surface area contributed by atoms with Gasteiger partial charge >= 0.3 is 6.01 Å². The van der Waals surface area contributed by atoms with Crippen molar-refractivity contribution in [3.8, 4) is 11.9 Å². The van der Waals surface area contributed by atoms with E-state index in [4.69, 9.17) is 14.5 Å². The second-order valence-electron chi connectivity index (χ2n) is 6.85. The number of ether oxygens (including phenoxy) is 2. The van der Waals surface area contributed by atoms with Crippen LogP contribution in [-0.2, 0) is 6.54 Å². The van der Waals surface area contributed by atoms with Gasteiger partial charge in [-0.05, 0) is 43.2 Å². The van der Waals surface area contributed by atoms with E-state index in [1.807, 2.05) is 38.1 Å². The lowest BCUT2D eigenvalue weighted by atomic mass is 10.1. The standard InChI is InChI=1S/C22H21N5O3S/c1-13-8-9-17-19(14(13)2)26-22(31-17)27(12-15-7-5-6-10-23-15)20(28)16-11-18(29-3)25-21(24-16)30-4/h5-11H,12H2,1-4H3. The zero-order chi connectivity index (χ0) is 22.0. The summed E-state index contributed by atoms with van der Waals surface area (Å²) < 4.78 is 11.3. The number of carbonyl (C=O) groups is 1. The molecule has 0 aliphatic rings. The predicted molar refractivity (Wildman–Crippen MR) is 119 cm³/mol. The number of rotatable bonds is 6. The Labute approximate surface area is 183 Å². The average molecular weight is 436 g/mol. The lowest BCUT2D eigenvalue weighted by Crippen LogP contribution is -2.31. The third kappa shape index (κ3) is 4.17. The topological polar surface area (TPSA) is 90.3 Å². The monoisotopic (exact) mass is 435 g/mol. The van der Waals surface area contributed by atoms with E-state index in [-0.39, 0.29) is 30.0 Å². The van der Waals surface area contributed by atoms with Crippen molar-refractivity contribution < 1.29 is 14.3 Å². The van der Waals surface area contributed by atoms with Gasteiger partial charge < -0.3 is 9.47 Å². The maximum Gasteiger partial charge on any atom is 0.320 e. The zero-order valence-electron chi connectivity index (χ0n) is 17.6. The van der Waals surface area contributed by atoms with E-state index < -0.39 is 0 Å². The van der Waals surface area contributed by atoms with Crippen molar-refractivity contribution in [3.05, 3.63) is 65.1 Å². The third-order valence-corrected chi connectivity index (χ3v) is 5.93. The molecule has 31 heavy (non-hydrogen) atoms.